The molecule has 4 heteroatoms. The van der Waals surface area contributed by atoms with Gasteiger partial charge in [-0.25, -0.2) is 0 Å². The van der Waals surface area contributed by atoms with Crippen LogP contribution in [0.5, 0.6) is 0 Å². The van der Waals surface area contributed by atoms with E-state index in [1.807, 2.05) is 27.7 Å². The third kappa shape index (κ3) is 12.2. The van der Waals surface area contributed by atoms with Crippen molar-refractivity contribution in [2.45, 2.75) is 40.3 Å². The summed E-state index contributed by atoms with van der Waals surface area (Å²) in [6.07, 6.45) is 6.18. The van der Waals surface area contributed by atoms with E-state index in [2.05, 4.69) is 23.7 Å². The van der Waals surface area contributed by atoms with E-state index in [0.717, 1.165) is 0 Å². The molecule has 0 aliphatic heterocycles. The predicted molar refractivity (Wildman–Crippen MR) is 87.9 cm³/mol. The Balaban J connectivity index is 4.28. The SMILES string of the molecule is CCOC(/C=C/C#CC#C/C=C/C(OCC)OCC)OCC. The summed E-state index contributed by atoms with van der Waals surface area (Å²) in [5.41, 5.74) is 0. The van der Waals surface area contributed by atoms with Gasteiger partial charge in [-0.1, -0.05) is 11.8 Å². The molecular formula is C18H26O4. The van der Waals surface area contributed by atoms with Gasteiger partial charge in [-0.3, -0.25) is 0 Å². The average Bonchev–Trinajstić information content (AvgIpc) is 2.50. The lowest BCUT2D eigenvalue weighted by Gasteiger charge is -2.11. The topological polar surface area (TPSA) is 36.9 Å². The summed E-state index contributed by atoms with van der Waals surface area (Å²) in [6, 6.07) is 0. The first-order chi connectivity index (χ1) is 10.8. The van der Waals surface area contributed by atoms with E-state index in [-0.39, 0.29) is 12.6 Å². The van der Waals surface area contributed by atoms with E-state index in [9.17, 15) is 0 Å². The zero-order chi connectivity index (χ0) is 16.5. The van der Waals surface area contributed by atoms with Crippen LogP contribution in [0.15, 0.2) is 24.3 Å². The molecule has 0 heterocycles. The summed E-state index contributed by atoms with van der Waals surface area (Å²) in [6.45, 7) is 10.0. The Morgan fingerprint density at radius 3 is 1.23 bits per heavy atom. The third-order valence-electron chi connectivity index (χ3n) is 2.20. The highest BCUT2D eigenvalue weighted by Crippen LogP contribution is 1.97. The van der Waals surface area contributed by atoms with Crippen molar-refractivity contribution in [3.8, 4) is 23.7 Å². The van der Waals surface area contributed by atoms with Gasteiger partial charge in [-0.15, -0.1) is 0 Å². The van der Waals surface area contributed by atoms with Crippen LogP contribution in [-0.2, 0) is 18.9 Å². The number of ether oxygens (including phenoxy) is 4. The molecule has 122 valence electrons. The van der Waals surface area contributed by atoms with Crippen molar-refractivity contribution in [3.63, 3.8) is 0 Å². The minimum Gasteiger partial charge on any atom is -0.349 e. The molecule has 0 aromatic carbocycles. The van der Waals surface area contributed by atoms with E-state index in [4.69, 9.17) is 18.9 Å². The maximum Gasteiger partial charge on any atom is 0.177 e. The highest BCUT2D eigenvalue weighted by Gasteiger charge is 2.00. The summed E-state index contributed by atoms with van der Waals surface area (Å²) >= 11 is 0. The molecule has 0 saturated carbocycles. The molecule has 0 aliphatic rings. The standard InChI is InChI=1S/C18H26O4/c1-5-19-17(20-6-2)15-13-11-9-10-12-14-16-18(21-7-3)22-8-4/h13-18H,5-8H2,1-4H3/b15-13+,16-14+. The van der Waals surface area contributed by atoms with Crippen molar-refractivity contribution in [1.82, 2.24) is 0 Å². The molecule has 0 bridgehead atoms. The van der Waals surface area contributed by atoms with Gasteiger partial charge in [-0.05, 0) is 63.8 Å². The third-order valence-corrected chi connectivity index (χ3v) is 2.20. The fourth-order valence-electron chi connectivity index (χ4n) is 1.38. The Bertz CT molecular complexity index is 377. The van der Waals surface area contributed by atoms with E-state index in [1.165, 1.54) is 0 Å². The Labute approximate surface area is 134 Å². The molecule has 0 amide bonds. The lowest BCUT2D eigenvalue weighted by Crippen LogP contribution is -2.13. The van der Waals surface area contributed by atoms with Crippen molar-refractivity contribution < 1.29 is 18.9 Å². The van der Waals surface area contributed by atoms with Crippen LogP contribution in [0.3, 0.4) is 0 Å². The van der Waals surface area contributed by atoms with Crippen molar-refractivity contribution in [1.29, 1.82) is 0 Å². The van der Waals surface area contributed by atoms with Gasteiger partial charge < -0.3 is 18.9 Å². The van der Waals surface area contributed by atoms with Crippen LogP contribution in [0.25, 0.3) is 0 Å². The van der Waals surface area contributed by atoms with Crippen LogP contribution in [0.1, 0.15) is 27.7 Å². The molecule has 0 unspecified atom stereocenters. The minimum atomic E-state index is -0.352. The highest BCUT2D eigenvalue weighted by atomic mass is 16.7. The van der Waals surface area contributed by atoms with Gasteiger partial charge in [0.05, 0.1) is 0 Å². The van der Waals surface area contributed by atoms with E-state index in [1.54, 1.807) is 24.3 Å². The Morgan fingerprint density at radius 2 is 0.955 bits per heavy atom. The molecule has 0 radical (unpaired) electrons. The monoisotopic (exact) mass is 306 g/mol. The maximum absolute atomic E-state index is 5.35. The summed E-state index contributed by atoms with van der Waals surface area (Å²) in [4.78, 5) is 0. The van der Waals surface area contributed by atoms with Gasteiger partial charge in [0.1, 0.15) is 0 Å². The Morgan fingerprint density at radius 1 is 0.636 bits per heavy atom. The van der Waals surface area contributed by atoms with Crippen LogP contribution in [0.2, 0.25) is 0 Å². The second-order valence-electron chi connectivity index (χ2n) is 3.82. The van der Waals surface area contributed by atoms with Gasteiger partial charge in [0, 0.05) is 26.4 Å². The zero-order valence-electron chi connectivity index (χ0n) is 13.9. The lowest BCUT2D eigenvalue weighted by molar-refractivity contribution is -0.104. The summed E-state index contributed by atoms with van der Waals surface area (Å²) < 4.78 is 21.4. The summed E-state index contributed by atoms with van der Waals surface area (Å²) in [5.74, 6) is 11.1. The molecule has 0 rings (SSSR count). The van der Waals surface area contributed by atoms with Crippen LogP contribution in [0.4, 0.5) is 0 Å². The number of rotatable bonds is 10. The summed E-state index contributed by atoms with van der Waals surface area (Å²) in [7, 11) is 0. The van der Waals surface area contributed by atoms with Crippen LogP contribution < -0.4 is 0 Å². The second kappa shape index (κ2) is 15.8. The average molecular weight is 306 g/mol. The number of hydrogen-bond donors (Lipinski definition) is 0. The molecule has 0 atom stereocenters. The largest absolute Gasteiger partial charge is 0.349 e. The van der Waals surface area contributed by atoms with Gasteiger partial charge >= 0.3 is 0 Å². The molecule has 0 spiro atoms. The zero-order valence-corrected chi connectivity index (χ0v) is 13.9. The lowest BCUT2D eigenvalue weighted by atomic mass is 10.4. The molecule has 0 aliphatic carbocycles. The first-order valence-corrected chi connectivity index (χ1v) is 7.59. The second-order valence-corrected chi connectivity index (χ2v) is 3.82. The van der Waals surface area contributed by atoms with Crippen LogP contribution >= 0.6 is 0 Å². The molecule has 22 heavy (non-hydrogen) atoms. The van der Waals surface area contributed by atoms with Gasteiger partial charge in [0.15, 0.2) is 12.6 Å². The van der Waals surface area contributed by atoms with Crippen molar-refractivity contribution >= 4 is 0 Å². The van der Waals surface area contributed by atoms with Gasteiger partial charge in [-0.2, -0.15) is 0 Å². The highest BCUT2D eigenvalue weighted by molar-refractivity contribution is 5.34. The van der Waals surface area contributed by atoms with Crippen LogP contribution in [0, 0.1) is 23.7 Å². The van der Waals surface area contributed by atoms with E-state index < -0.39 is 0 Å². The molecule has 4 nitrogen and oxygen atoms in total. The quantitative estimate of drug-likeness (QED) is 0.459. The fraction of sp³-hybridized carbons (Fsp3) is 0.556. The molecule has 0 fully saturated rings. The predicted octanol–water partition coefficient (Wildman–Crippen LogP) is 2.90. The molecule has 0 aromatic rings. The van der Waals surface area contributed by atoms with Crippen molar-refractivity contribution in [2.75, 3.05) is 26.4 Å². The molecule has 0 saturated heterocycles. The Kier molecular flexibility index (Phi) is 14.7. The number of allylic oxidation sites excluding steroid dienone is 2. The van der Waals surface area contributed by atoms with Crippen molar-refractivity contribution in [3.05, 3.63) is 24.3 Å². The first kappa shape index (κ1) is 20.4. The van der Waals surface area contributed by atoms with Crippen LogP contribution in [-0.4, -0.2) is 39.0 Å². The molecule has 0 aromatic heterocycles. The van der Waals surface area contributed by atoms with E-state index >= 15 is 0 Å². The molecular weight excluding hydrogens is 280 g/mol. The normalized spacial score (nSPS) is 11.0. The van der Waals surface area contributed by atoms with Gasteiger partial charge in [0.2, 0.25) is 0 Å². The molecule has 0 N–H and O–H groups in total. The number of hydrogen-bond acceptors (Lipinski definition) is 4. The van der Waals surface area contributed by atoms with E-state index in [0.29, 0.717) is 26.4 Å². The maximum atomic E-state index is 5.35. The minimum absolute atomic E-state index is 0.352. The Hall–Kier alpha value is -1.56. The van der Waals surface area contributed by atoms with Crippen molar-refractivity contribution in [2.24, 2.45) is 0 Å². The smallest absolute Gasteiger partial charge is 0.177 e. The first-order valence-electron chi connectivity index (χ1n) is 7.59. The fourth-order valence-corrected chi connectivity index (χ4v) is 1.38. The summed E-state index contributed by atoms with van der Waals surface area (Å²) in [5, 5.41) is 0. The van der Waals surface area contributed by atoms with Gasteiger partial charge in [0.25, 0.3) is 0 Å².